The van der Waals surface area contributed by atoms with Crippen LogP contribution in [0, 0.1) is 5.92 Å². The van der Waals surface area contributed by atoms with E-state index in [2.05, 4.69) is 16.6 Å². The summed E-state index contributed by atoms with van der Waals surface area (Å²) in [7, 11) is 0. The molecule has 1 saturated heterocycles. The van der Waals surface area contributed by atoms with Crippen molar-refractivity contribution in [3.8, 4) is 0 Å². The number of rotatable bonds is 6. The average molecular weight is 400 g/mol. The number of amides is 1. The summed E-state index contributed by atoms with van der Waals surface area (Å²) >= 11 is 0. The number of benzene rings is 1. The third kappa shape index (κ3) is 5.29. The second kappa shape index (κ2) is 9.01. The van der Waals surface area contributed by atoms with E-state index in [1.807, 2.05) is 30.3 Å². The Bertz CT molecular complexity index is 799. The second-order valence-electron chi connectivity index (χ2n) is 8.15. The lowest BCUT2D eigenvalue weighted by Gasteiger charge is -2.28. The topological polar surface area (TPSA) is 105 Å². The molecule has 1 aromatic carbocycles. The lowest BCUT2D eigenvalue weighted by Crippen LogP contribution is -2.46. The lowest BCUT2D eigenvalue weighted by molar-refractivity contribution is -0.156. The van der Waals surface area contributed by atoms with Crippen molar-refractivity contribution in [3.63, 3.8) is 0 Å². The van der Waals surface area contributed by atoms with Crippen molar-refractivity contribution < 1.29 is 19.1 Å². The number of carbonyl (C=O) groups is 2. The molecule has 0 radical (unpaired) electrons. The van der Waals surface area contributed by atoms with Crippen LogP contribution in [0.1, 0.15) is 45.8 Å². The van der Waals surface area contributed by atoms with E-state index >= 15 is 0 Å². The molecule has 0 aromatic heterocycles. The fourth-order valence-corrected chi connectivity index (χ4v) is 3.36. The maximum Gasteiger partial charge on any atom is 0.410 e. The third-order valence-corrected chi connectivity index (χ3v) is 4.78. The highest BCUT2D eigenvalue weighted by atomic mass is 16.6. The fraction of sp³-hybridized carbons (Fsp3) is 0.524. The molecule has 0 unspecified atom stereocenters. The van der Waals surface area contributed by atoms with E-state index in [0.29, 0.717) is 6.42 Å². The zero-order valence-electron chi connectivity index (χ0n) is 17.4. The first kappa shape index (κ1) is 22.3. The monoisotopic (exact) mass is 400 g/mol. The van der Waals surface area contributed by atoms with E-state index in [4.69, 9.17) is 9.47 Å². The molecule has 156 valence electrons. The van der Waals surface area contributed by atoms with Gasteiger partial charge in [-0.05, 0) is 45.2 Å². The minimum absolute atomic E-state index is 0.106. The molecule has 1 heterocycles. The summed E-state index contributed by atoms with van der Waals surface area (Å²) in [5.74, 6) is -1.12. The van der Waals surface area contributed by atoms with Crippen molar-refractivity contribution in [3.05, 3.63) is 59.0 Å². The summed E-state index contributed by atoms with van der Waals surface area (Å²) < 4.78 is 11.1. The van der Waals surface area contributed by atoms with Crippen molar-refractivity contribution in [1.82, 2.24) is 4.90 Å². The van der Waals surface area contributed by atoms with Crippen LogP contribution in [-0.4, -0.2) is 41.2 Å². The standard InChI is InChI=1S/C21H28N4O4/c1-6-10-17-13-25(19(27)29-20(3,4)5)14-21(17,23-24-22)18(26)28-15(2)16-11-8-7-9-12-16/h6-9,11-12,15,17H,1,10,13-14H2,2-5H3/t15-,17-,21-/m1/s1. The molecule has 1 fully saturated rings. The van der Waals surface area contributed by atoms with Crippen LogP contribution < -0.4 is 0 Å². The van der Waals surface area contributed by atoms with Gasteiger partial charge < -0.3 is 14.4 Å². The van der Waals surface area contributed by atoms with Crippen molar-refractivity contribution in [2.24, 2.45) is 11.0 Å². The molecule has 1 amide bonds. The first-order valence-corrected chi connectivity index (χ1v) is 9.54. The van der Waals surface area contributed by atoms with Crippen LogP contribution >= 0.6 is 0 Å². The Morgan fingerprint density at radius 1 is 1.41 bits per heavy atom. The maximum atomic E-state index is 13.2. The smallest absolute Gasteiger partial charge is 0.410 e. The fourth-order valence-electron chi connectivity index (χ4n) is 3.36. The van der Waals surface area contributed by atoms with Gasteiger partial charge in [0.05, 0.1) is 0 Å². The normalized spacial score (nSPS) is 22.3. The number of esters is 1. The highest BCUT2D eigenvalue weighted by molar-refractivity contribution is 5.84. The van der Waals surface area contributed by atoms with Crippen LogP contribution in [0.4, 0.5) is 4.79 Å². The number of nitrogens with zero attached hydrogens (tertiary/aromatic N) is 4. The van der Waals surface area contributed by atoms with Gasteiger partial charge >= 0.3 is 12.1 Å². The summed E-state index contributed by atoms with van der Waals surface area (Å²) in [5, 5.41) is 3.84. The van der Waals surface area contributed by atoms with Crippen molar-refractivity contribution in [2.75, 3.05) is 13.1 Å². The quantitative estimate of drug-likeness (QED) is 0.225. The molecule has 0 N–H and O–H groups in total. The van der Waals surface area contributed by atoms with Gasteiger partial charge in [-0.15, -0.1) is 6.58 Å². The van der Waals surface area contributed by atoms with Gasteiger partial charge in [-0.3, -0.25) is 4.79 Å². The summed E-state index contributed by atoms with van der Waals surface area (Å²) in [6.07, 6.45) is 0.922. The molecule has 1 aromatic rings. The van der Waals surface area contributed by atoms with E-state index in [9.17, 15) is 15.1 Å². The number of azide groups is 1. The molecule has 2 rings (SSSR count). The number of hydrogen-bond donors (Lipinski definition) is 0. The van der Waals surface area contributed by atoms with Crippen LogP contribution in [-0.2, 0) is 14.3 Å². The highest BCUT2D eigenvalue weighted by Crippen LogP contribution is 2.37. The minimum atomic E-state index is -1.54. The molecule has 0 aliphatic carbocycles. The molecule has 8 heteroatoms. The third-order valence-electron chi connectivity index (χ3n) is 4.78. The Morgan fingerprint density at radius 3 is 2.62 bits per heavy atom. The van der Waals surface area contributed by atoms with Gasteiger partial charge in [-0.25, -0.2) is 4.79 Å². The molecule has 0 spiro atoms. The first-order chi connectivity index (χ1) is 13.6. The number of hydrogen-bond acceptors (Lipinski definition) is 5. The summed E-state index contributed by atoms with van der Waals surface area (Å²) in [6, 6.07) is 9.27. The minimum Gasteiger partial charge on any atom is -0.457 e. The lowest BCUT2D eigenvalue weighted by atomic mass is 9.85. The largest absolute Gasteiger partial charge is 0.457 e. The summed E-state index contributed by atoms with van der Waals surface area (Å²) in [4.78, 5) is 30.0. The van der Waals surface area contributed by atoms with Crippen LogP contribution in [0.5, 0.6) is 0 Å². The average Bonchev–Trinajstić information content (AvgIpc) is 3.01. The Balaban J connectivity index is 2.30. The Hall–Kier alpha value is -2.99. The molecule has 0 saturated carbocycles. The Labute approximate surface area is 171 Å². The van der Waals surface area contributed by atoms with Gasteiger partial charge in [0.15, 0.2) is 5.54 Å². The zero-order valence-corrected chi connectivity index (χ0v) is 17.4. The van der Waals surface area contributed by atoms with Crippen LogP contribution in [0.15, 0.2) is 48.1 Å². The first-order valence-electron chi connectivity index (χ1n) is 9.54. The Morgan fingerprint density at radius 2 is 2.07 bits per heavy atom. The molecule has 8 nitrogen and oxygen atoms in total. The van der Waals surface area contributed by atoms with Gasteiger partial charge in [-0.2, -0.15) is 0 Å². The number of ether oxygens (including phenoxy) is 2. The van der Waals surface area contributed by atoms with Gasteiger partial charge in [0.2, 0.25) is 0 Å². The second-order valence-corrected chi connectivity index (χ2v) is 8.15. The maximum absolute atomic E-state index is 13.2. The van der Waals surface area contributed by atoms with E-state index in [0.717, 1.165) is 5.56 Å². The number of likely N-dealkylation sites (tertiary alicyclic amines) is 1. The van der Waals surface area contributed by atoms with Crippen molar-refractivity contribution in [2.45, 2.75) is 51.4 Å². The number of allylic oxidation sites excluding steroid dienone is 1. The van der Waals surface area contributed by atoms with Crippen molar-refractivity contribution >= 4 is 12.1 Å². The van der Waals surface area contributed by atoms with E-state index < -0.39 is 35.2 Å². The van der Waals surface area contributed by atoms with Crippen LogP contribution in [0.25, 0.3) is 10.4 Å². The van der Waals surface area contributed by atoms with Crippen LogP contribution in [0.2, 0.25) is 0 Å². The zero-order chi connectivity index (χ0) is 21.7. The number of carbonyl (C=O) groups excluding carboxylic acids is 2. The van der Waals surface area contributed by atoms with Gasteiger partial charge in [-0.1, -0.05) is 41.5 Å². The van der Waals surface area contributed by atoms with E-state index in [-0.39, 0.29) is 13.1 Å². The molecular weight excluding hydrogens is 372 g/mol. The van der Waals surface area contributed by atoms with Gasteiger partial charge in [0.25, 0.3) is 0 Å². The highest BCUT2D eigenvalue weighted by Gasteiger charge is 2.54. The van der Waals surface area contributed by atoms with Crippen LogP contribution in [0.3, 0.4) is 0 Å². The van der Waals surface area contributed by atoms with E-state index in [1.165, 1.54) is 4.90 Å². The SMILES string of the molecule is C=CC[C@@H]1CN(C(=O)OC(C)(C)C)C[C@]1(N=[N+]=[N-])C(=O)O[C@H](C)c1ccccc1. The van der Waals surface area contributed by atoms with Gasteiger partial charge in [0.1, 0.15) is 11.7 Å². The predicted molar refractivity (Wildman–Crippen MR) is 109 cm³/mol. The van der Waals surface area contributed by atoms with Gasteiger partial charge in [0, 0.05) is 23.9 Å². The Kier molecular flexibility index (Phi) is 6.93. The molecule has 29 heavy (non-hydrogen) atoms. The van der Waals surface area contributed by atoms with Crippen molar-refractivity contribution in [1.29, 1.82) is 0 Å². The molecular formula is C21H28N4O4. The predicted octanol–water partition coefficient (Wildman–Crippen LogP) is 4.78. The molecule has 1 aliphatic rings. The molecule has 1 aliphatic heterocycles. The molecule has 0 bridgehead atoms. The summed E-state index contributed by atoms with van der Waals surface area (Å²) in [6.45, 7) is 10.9. The molecule has 3 atom stereocenters. The van der Waals surface area contributed by atoms with E-state index in [1.54, 1.807) is 33.8 Å². The summed E-state index contributed by atoms with van der Waals surface area (Å²) in [5.41, 5.74) is 7.78.